The van der Waals surface area contributed by atoms with Crippen molar-refractivity contribution in [2.75, 3.05) is 18.6 Å². The number of hydrogen-bond donors (Lipinski definition) is 2. The number of nitrogens with zero attached hydrogens (tertiary/aromatic N) is 2. The number of hydrogen-bond acceptors (Lipinski definition) is 4. The van der Waals surface area contributed by atoms with Gasteiger partial charge in [0.05, 0.1) is 24.2 Å². The standard InChI is InChI=1S/C18H18N4O3/c1-2-25-14-9-7-13(8-10-14)18(24)19-11-17(23)21-22-12-20-15-5-3-4-6-16(15)22/h3-10,12H,2,11H2,1H3,(H,19,24)(H,21,23). The summed E-state index contributed by atoms with van der Waals surface area (Å²) in [5.74, 6) is 0.0277. The van der Waals surface area contributed by atoms with E-state index in [0.29, 0.717) is 17.9 Å². The summed E-state index contributed by atoms with van der Waals surface area (Å²) in [4.78, 5) is 28.3. The lowest BCUT2D eigenvalue weighted by atomic mass is 10.2. The van der Waals surface area contributed by atoms with Gasteiger partial charge in [-0.15, -0.1) is 0 Å². The summed E-state index contributed by atoms with van der Waals surface area (Å²) in [6.07, 6.45) is 1.52. The van der Waals surface area contributed by atoms with Gasteiger partial charge >= 0.3 is 0 Å². The number of ether oxygens (including phenoxy) is 1. The van der Waals surface area contributed by atoms with E-state index < -0.39 is 0 Å². The van der Waals surface area contributed by atoms with E-state index in [0.717, 1.165) is 11.0 Å². The highest BCUT2D eigenvalue weighted by Crippen LogP contribution is 2.12. The summed E-state index contributed by atoms with van der Waals surface area (Å²) in [5.41, 5.74) is 4.71. The third-order valence-corrected chi connectivity index (χ3v) is 3.54. The lowest BCUT2D eigenvalue weighted by molar-refractivity contribution is -0.116. The molecule has 2 aromatic carbocycles. The summed E-state index contributed by atoms with van der Waals surface area (Å²) in [6, 6.07) is 14.2. The average Bonchev–Trinajstić information content (AvgIpc) is 3.04. The molecule has 3 rings (SSSR count). The van der Waals surface area contributed by atoms with E-state index in [1.807, 2.05) is 31.2 Å². The summed E-state index contributed by atoms with van der Waals surface area (Å²) in [7, 11) is 0. The summed E-state index contributed by atoms with van der Waals surface area (Å²) in [5, 5.41) is 2.59. The highest BCUT2D eigenvalue weighted by atomic mass is 16.5. The fraction of sp³-hybridized carbons (Fsp3) is 0.167. The fourth-order valence-electron chi connectivity index (χ4n) is 2.35. The number of fused-ring (bicyclic) bond motifs is 1. The second kappa shape index (κ2) is 7.48. The highest BCUT2D eigenvalue weighted by molar-refractivity contribution is 5.97. The number of benzene rings is 2. The quantitative estimate of drug-likeness (QED) is 0.719. The molecule has 3 aromatic rings. The Labute approximate surface area is 144 Å². The van der Waals surface area contributed by atoms with E-state index in [2.05, 4.69) is 15.7 Å². The molecule has 0 aliphatic heterocycles. The van der Waals surface area contributed by atoms with Crippen molar-refractivity contribution in [1.82, 2.24) is 15.0 Å². The predicted octanol–water partition coefficient (Wildman–Crippen LogP) is 1.94. The molecule has 0 fully saturated rings. The second-order valence-electron chi connectivity index (χ2n) is 5.28. The highest BCUT2D eigenvalue weighted by Gasteiger charge is 2.09. The van der Waals surface area contributed by atoms with Crippen molar-refractivity contribution < 1.29 is 14.3 Å². The van der Waals surface area contributed by atoms with Crippen LogP contribution in [0.15, 0.2) is 54.9 Å². The zero-order valence-corrected chi connectivity index (χ0v) is 13.7. The van der Waals surface area contributed by atoms with Gasteiger partial charge < -0.3 is 10.1 Å². The molecule has 0 aliphatic rings. The van der Waals surface area contributed by atoms with Crippen LogP contribution in [-0.2, 0) is 4.79 Å². The van der Waals surface area contributed by atoms with Crippen LogP contribution in [0.3, 0.4) is 0 Å². The van der Waals surface area contributed by atoms with Gasteiger partial charge in [0.15, 0.2) is 0 Å². The van der Waals surface area contributed by atoms with Crippen LogP contribution in [0.25, 0.3) is 11.0 Å². The Bertz CT molecular complexity index is 887. The number of amides is 2. The molecule has 0 saturated heterocycles. The molecule has 2 amide bonds. The molecule has 2 N–H and O–H groups in total. The smallest absolute Gasteiger partial charge is 0.258 e. The number of aromatic nitrogens is 2. The predicted molar refractivity (Wildman–Crippen MR) is 94.0 cm³/mol. The van der Waals surface area contributed by atoms with Gasteiger partial charge in [-0.1, -0.05) is 12.1 Å². The Morgan fingerprint density at radius 2 is 1.88 bits per heavy atom. The molecule has 128 valence electrons. The minimum absolute atomic E-state index is 0.140. The third kappa shape index (κ3) is 3.95. The zero-order valence-electron chi connectivity index (χ0n) is 13.7. The lowest BCUT2D eigenvalue weighted by Gasteiger charge is -2.09. The summed E-state index contributed by atoms with van der Waals surface area (Å²) < 4.78 is 6.86. The molecule has 0 atom stereocenters. The van der Waals surface area contributed by atoms with Gasteiger partial charge in [0.25, 0.3) is 11.8 Å². The van der Waals surface area contributed by atoms with Crippen LogP contribution in [0.1, 0.15) is 17.3 Å². The molecule has 25 heavy (non-hydrogen) atoms. The van der Waals surface area contributed by atoms with Gasteiger partial charge in [-0.05, 0) is 43.3 Å². The minimum atomic E-state index is -0.345. The number of nitrogens with one attached hydrogen (secondary N) is 2. The Hall–Kier alpha value is -3.35. The van der Waals surface area contributed by atoms with Crippen LogP contribution < -0.4 is 15.5 Å². The molecule has 0 radical (unpaired) electrons. The van der Waals surface area contributed by atoms with E-state index in [9.17, 15) is 9.59 Å². The van der Waals surface area contributed by atoms with Gasteiger partial charge in [0.1, 0.15) is 12.1 Å². The lowest BCUT2D eigenvalue weighted by Crippen LogP contribution is -2.35. The molecular formula is C18H18N4O3. The minimum Gasteiger partial charge on any atom is -0.494 e. The van der Waals surface area contributed by atoms with Crippen molar-refractivity contribution in [3.63, 3.8) is 0 Å². The van der Waals surface area contributed by atoms with Crippen molar-refractivity contribution >= 4 is 22.8 Å². The molecule has 0 spiro atoms. The van der Waals surface area contributed by atoms with Crippen molar-refractivity contribution in [2.24, 2.45) is 0 Å². The van der Waals surface area contributed by atoms with Crippen LogP contribution in [-0.4, -0.2) is 34.6 Å². The number of rotatable bonds is 6. The topological polar surface area (TPSA) is 85.2 Å². The monoisotopic (exact) mass is 338 g/mol. The Morgan fingerprint density at radius 1 is 1.12 bits per heavy atom. The van der Waals surface area contributed by atoms with Gasteiger partial charge in [-0.2, -0.15) is 0 Å². The molecule has 7 heteroatoms. The van der Waals surface area contributed by atoms with Crippen LogP contribution in [0, 0.1) is 0 Å². The molecule has 1 heterocycles. The molecule has 7 nitrogen and oxygen atoms in total. The SMILES string of the molecule is CCOc1ccc(C(=O)NCC(=O)Nn2cnc3ccccc32)cc1. The van der Waals surface area contributed by atoms with Crippen LogP contribution in [0.5, 0.6) is 5.75 Å². The molecule has 0 aliphatic carbocycles. The average molecular weight is 338 g/mol. The maximum absolute atomic E-state index is 12.1. The first-order valence-electron chi connectivity index (χ1n) is 7.90. The van der Waals surface area contributed by atoms with Gasteiger partial charge in [0, 0.05) is 5.56 Å². The van der Waals surface area contributed by atoms with Crippen LogP contribution in [0.4, 0.5) is 0 Å². The number of para-hydroxylation sites is 2. The number of carbonyl (C=O) groups excluding carboxylic acids is 2. The summed E-state index contributed by atoms with van der Waals surface area (Å²) >= 11 is 0. The largest absolute Gasteiger partial charge is 0.494 e. The van der Waals surface area contributed by atoms with Crippen LogP contribution in [0.2, 0.25) is 0 Å². The van der Waals surface area contributed by atoms with Gasteiger partial charge in [-0.3, -0.25) is 15.0 Å². The van der Waals surface area contributed by atoms with Gasteiger partial charge in [0.2, 0.25) is 0 Å². The van der Waals surface area contributed by atoms with E-state index in [1.54, 1.807) is 24.3 Å². The fourth-order valence-corrected chi connectivity index (χ4v) is 2.35. The van der Waals surface area contributed by atoms with E-state index in [1.165, 1.54) is 11.0 Å². The van der Waals surface area contributed by atoms with Crippen molar-refractivity contribution in [3.05, 3.63) is 60.4 Å². The first kappa shape index (κ1) is 16.5. The second-order valence-corrected chi connectivity index (χ2v) is 5.28. The van der Waals surface area contributed by atoms with Gasteiger partial charge in [-0.25, -0.2) is 9.66 Å². The number of carbonyl (C=O) groups is 2. The van der Waals surface area contributed by atoms with Crippen molar-refractivity contribution in [3.8, 4) is 5.75 Å². The van der Waals surface area contributed by atoms with Crippen molar-refractivity contribution in [2.45, 2.75) is 6.92 Å². The van der Waals surface area contributed by atoms with E-state index in [-0.39, 0.29) is 18.4 Å². The summed E-state index contributed by atoms with van der Waals surface area (Å²) in [6.45, 7) is 2.32. The Kier molecular flexibility index (Phi) is 4.94. The molecule has 0 saturated carbocycles. The Balaban J connectivity index is 1.55. The van der Waals surface area contributed by atoms with Crippen LogP contribution >= 0.6 is 0 Å². The number of imidazole rings is 1. The normalized spacial score (nSPS) is 10.4. The Morgan fingerprint density at radius 3 is 2.64 bits per heavy atom. The maximum atomic E-state index is 12.1. The molecule has 0 unspecified atom stereocenters. The third-order valence-electron chi connectivity index (χ3n) is 3.54. The van der Waals surface area contributed by atoms with Crippen molar-refractivity contribution in [1.29, 1.82) is 0 Å². The first-order chi connectivity index (χ1) is 12.2. The first-order valence-corrected chi connectivity index (χ1v) is 7.90. The van der Waals surface area contributed by atoms with E-state index in [4.69, 9.17) is 4.74 Å². The van der Waals surface area contributed by atoms with E-state index >= 15 is 0 Å². The maximum Gasteiger partial charge on any atom is 0.258 e. The molecule has 0 bridgehead atoms. The molecular weight excluding hydrogens is 320 g/mol. The molecule has 1 aromatic heterocycles. The zero-order chi connectivity index (χ0) is 17.6.